The molecular formula is C14H19ClF2N2O3. The summed E-state index contributed by atoms with van der Waals surface area (Å²) < 4.78 is 37.4. The van der Waals surface area contributed by atoms with Gasteiger partial charge in [0.05, 0.1) is 18.2 Å². The monoisotopic (exact) mass is 336 g/mol. The molecule has 124 valence electrons. The van der Waals surface area contributed by atoms with Crippen molar-refractivity contribution < 1.29 is 23.0 Å². The molecule has 1 aromatic carbocycles. The highest BCUT2D eigenvalue weighted by molar-refractivity contribution is 5.95. The topological polar surface area (TPSA) is 73.6 Å². The number of carbonyl (C=O) groups is 1. The number of amides is 1. The van der Waals surface area contributed by atoms with Gasteiger partial charge in [-0.15, -0.1) is 12.4 Å². The number of halogens is 3. The average Bonchev–Trinajstić information content (AvgIpc) is 2.51. The molecule has 0 saturated carbocycles. The minimum atomic E-state index is -0.804. The molecule has 0 spiro atoms. The van der Waals surface area contributed by atoms with Crippen LogP contribution in [0.3, 0.4) is 0 Å². The van der Waals surface area contributed by atoms with E-state index in [1.165, 1.54) is 7.11 Å². The lowest BCUT2D eigenvalue weighted by atomic mass is 9.79. The van der Waals surface area contributed by atoms with Crippen molar-refractivity contribution in [1.82, 2.24) is 0 Å². The van der Waals surface area contributed by atoms with E-state index in [0.29, 0.717) is 26.1 Å². The molecule has 2 rings (SSSR count). The second-order valence-electron chi connectivity index (χ2n) is 5.02. The van der Waals surface area contributed by atoms with Crippen LogP contribution in [-0.4, -0.2) is 32.8 Å². The highest BCUT2D eigenvalue weighted by Crippen LogP contribution is 2.32. The average molecular weight is 337 g/mol. The fraction of sp³-hybridized carbons (Fsp3) is 0.500. The van der Waals surface area contributed by atoms with Gasteiger partial charge in [0.25, 0.3) is 0 Å². The molecular weight excluding hydrogens is 318 g/mol. The maximum atomic E-state index is 13.9. The fourth-order valence-corrected chi connectivity index (χ4v) is 2.32. The molecule has 0 aliphatic carbocycles. The first kappa shape index (κ1) is 18.6. The highest BCUT2D eigenvalue weighted by atomic mass is 35.5. The van der Waals surface area contributed by atoms with E-state index in [-0.39, 0.29) is 30.4 Å². The van der Waals surface area contributed by atoms with Crippen molar-refractivity contribution in [1.29, 1.82) is 0 Å². The number of anilines is 1. The second kappa shape index (κ2) is 7.71. The summed E-state index contributed by atoms with van der Waals surface area (Å²) in [5.74, 6) is -2.15. The third-order valence-electron chi connectivity index (χ3n) is 3.81. The number of hydrogen-bond donors (Lipinski definition) is 2. The zero-order chi connectivity index (χ0) is 15.5. The van der Waals surface area contributed by atoms with Crippen LogP contribution in [-0.2, 0) is 9.53 Å². The van der Waals surface area contributed by atoms with Gasteiger partial charge in [0.2, 0.25) is 5.91 Å². The van der Waals surface area contributed by atoms with Crippen molar-refractivity contribution in [2.75, 3.05) is 32.2 Å². The first-order valence-electron chi connectivity index (χ1n) is 6.65. The van der Waals surface area contributed by atoms with E-state index in [1.807, 2.05) is 0 Å². The van der Waals surface area contributed by atoms with Gasteiger partial charge in [-0.1, -0.05) is 0 Å². The van der Waals surface area contributed by atoms with E-state index in [1.54, 1.807) is 0 Å². The number of hydrogen-bond acceptors (Lipinski definition) is 4. The van der Waals surface area contributed by atoms with Crippen LogP contribution in [0.5, 0.6) is 5.75 Å². The summed E-state index contributed by atoms with van der Waals surface area (Å²) in [6.45, 7) is 0.969. The lowest BCUT2D eigenvalue weighted by Gasteiger charge is -2.34. The fourth-order valence-electron chi connectivity index (χ4n) is 2.32. The van der Waals surface area contributed by atoms with Crippen LogP contribution in [0.1, 0.15) is 12.8 Å². The van der Waals surface area contributed by atoms with Gasteiger partial charge in [-0.25, -0.2) is 8.78 Å². The highest BCUT2D eigenvalue weighted by Gasteiger charge is 2.39. The lowest BCUT2D eigenvalue weighted by Crippen LogP contribution is -2.46. The van der Waals surface area contributed by atoms with Gasteiger partial charge >= 0.3 is 0 Å². The predicted octanol–water partition coefficient (Wildman–Crippen LogP) is 2.09. The van der Waals surface area contributed by atoms with Crippen molar-refractivity contribution in [3.05, 3.63) is 23.8 Å². The number of rotatable bonds is 4. The smallest absolute Gasteiger partial charge is 0.232 e. The van der Waals surface area contributed by atoms with Gasteiger partial charge in [0, 0.05) is 31.9 Å². The predicted molar refractivity (Wildman–Crippen MR) is 80.3 cm³/mol. The number of ether oxygens (including phenoxy) is 2. The molecule has 5 nitrogen and oxygen atoms in total. The Morgan fingerprint density at radius 1 is 1.36 bits per heavy atom. The van der Waals surface area contributed by atoms with Gasteiger partial charge in [0.15, 0.2) is 17.4 Å². The quantitative estimate of drug-likeness (QED) is 0.883. The van der Waals surface area contributed by atoms with Crippen LogP contribution in [0.25, 0.3) is 0 Å². The third-order valence-corrected chi connectivity index (χ3v) is 3.81. The summed E-state index contributed by atoms with van der Waals surface area (Å²) in [5, 5.41) is 2.42. The largest absolute Gasteiger partial charge is 0.494 e. The SMILES string of the molecule is COc1cc(F)c(NC(=O)C2(CN)CCOCC2)cc1F.Cl. The van der Waals surface area contributed by atoms with E-state index in [9.17, 15) is 13.6 Å². The Balaban J connectivity index is 0.00000242. The van der Waals surface area contributed by atoms with Crippen molar-refractivity contribution in [3.63, 3.8) is 0 Å². The molecule has 1 aromatic rings. The van der Waals surface area contributed by atoms with Crippen LogP contribution >= 0.6 is 12.4 Å². The summed E-state index contributed by atoms with van der Waals surface area (Å²) in [6, 6.07) is 1.79. The molecule has 0 bridgehead atoms. The van der Waals surface area contributed by atoms with Crippen molar-refractivity contribution in [3.8, 4) is 5.75 Å². The third kappa shape index (κ3) is 3.66. The van der Waals surface area contributed by atoms with Crippen LogP contribution in [0.4, 0.5) is 14.5 Å². The Morgan fingerprint density at radius 2 is 2.00 bits per heavy atom. The maximum absolute atomic E-state index is 13.9. The second-order valence-corrected chi connectivity index (χ2v) is 5.02. The molecule has 22 heavy (non-hydrogen) atoms. The summed E-state index contributed by atoms with van der Waals surface area (Å²) in [4.78, 5) is 12.4. The van der Waals surface area contributed by atoms with E-state index in [0.717, 1.165) is 12.1 Å². The molecule has 1 heterocycles. The minimum Gasteiger partial charge on any atom is -0.494 e. The van der Waals surface area contributed by atoms with Gasteiger partial charge in [-0.2, -0.15) is 0 Å². The molecule has 3 N–H and O–H groups in total. The van der Waals surface area contributed by atoms with E-state index in [2.05, 4.69) is 10.1 Å². The molecule has 0 unspecified atom stereocenters. The number of nitrogens with two attached hydrogens (primary N) is 1. The van der Waals surface area contributed by atoms with Gasteiger partial charge in [-0.3, -0.25) is 4.79 Å². The molecule has 8 heteroatoms. The first-order valence-corrected chi connectivity index (χ1v) is 6.65. The van der Waals surface area contributed by atoms with Crippen LogP contribution < -0.4 is 15.8 Å². The zero-order valence-electron chi connectivity index (χ0n) is 12.2. The zero-order valence-corrected chi connectivity index (χ0v) is 13.0. The molecule has 0 radical (unpaired) electrons. The van der Waals surface area contributed by atoms with Crippen molar-refractivity contribution in [2.24, 2.45) is 11.1 Å². The Bertz CT molecular complexity index is 537. The Morgan fingerprint density at radius 3 is 2.55 bits per heavy atom. The molecule has 0 aromatic heterocycles. The van der Waals surface area contributed by atoms with Crippen LogP contribution in [0.2, 0.25) is 0 Å². The normalized spacial score (nSPS) is 16.5. The lowest BCUT2D eigenvalue weighted by molar-refractivity contribution is -0.130. The number of nitrogens with one attached hydrogen (secondary N) is 1. The Kier molecular flexibility index (Phi) is 6.52. The van der Waals surface area contributed by atoms with Gasteiger partial charge in [0.1, 0.15) is 0 Å². The standard InChI is InChI=1S/C14H18F2N2O3.ClH/c1-20-12-7-9(15)11(6-10(12)16)18-13(19)14(8-17)2-4-21-5-3-14;/h6-7H,2-5,8,17H2,1H3,(H,18,19);1H. The summed E-state index contributed by atoms with van der Waals surface area (Å²) in [6.07, 6.45) is 0.908. The number of methoxy groups -OCH3 is 1. The van der Waals surface area contributed by atoms with E-state index in [4.69, 9.17) is 10.5 Å². The van der Waals surface area contributed by atoms with E-state index < -0.39 is 23.0 Å². The minimum absolute atomic E-state index is 0. The molecule has 1 aliphatic heterocycles. The van der Waals surface area contributed by atoms with Gasteiger partial charge in [-0.05, 0) is 12.8 Å². The molecule has 1 amide bonds. The van der Waals surface area contributed by atoms with Crippen LogP contribution in [0, 0.1) is 17.0 Å². The molecule has 1 aliphatic rings. The number of carbonyl (C=O) groups excluding carboxylic acids is 1. The molecule has 1 saturated heterocycles. The molecule has 0 atom stereocenters. The first-order chi connectivity index (χ1) is 10.0. The van der Waals surface area contributed by atoms with Crippen LogP contribution in [0.15, 0.2) is 12.1 Å². The van der Waals surface area contributed by atoms with Crippen molar-refractivity contribution >= 4 is 24.0 Å². The summed E-state index contributed by atoms with van der Waals surface area (Å²) >= 11 is 0. The van der Waals surface area contributed by atoms with Gasteiger partial charge < -0.3 is 20.5 Å². The Hall–Kier alpha value is -1.44. The maximum Gasteiger partial charge on any atom is 0.232 e. The van der Waals surface area contributed by atoms with Crippen molar-refractivity contribution in [2.45, 2.75) is 12.8 Å². The summed E-state index contributed by atoms with van der Waals surface area (Å²) in [5.41, 5.74) is 4.67. The Labute approximate surface area is 133 Å². The van der Waals surface area contributed by atoms with E-state index >= 15 is 0 Å². The molecule has 1 fully saturated rings. The number of benzene rings is 1. The summed E-state index contributed by atoms with van der Waals surface area (Å²) in [7, 11) is 1.24.